The van der Waals surface area contributed by atoms with E-state index in [1.807, 2.05) is 13.8 Å². The molecular formula is C22H33N3O3S. The second-order valence-corrected chi connectivity index (χ2v) is 10.8. The fourth-order valence-corrected chi connectivity index (χ4v) is 6.78. The van der Waals surface area contributed by atoms with Crippen LogP contribution in [0.2, 0.25) is 0 Å². The minimum atomic E-state index is -0.0610. The molecule has 1 spiro atoms. The van der Waals surface area contributed by atoms with E-state index in [1.54, 1.807) is 11.7 Å². The van der Waals surface area contributed by atoms with Crippen molar-refractivity contribution in [3.05, 3.63) is 16.6 Å². The number of ether oxygens (including phenoxy) is 1. The van der Waals surface area contributed by atoms with E-state index in [0.29, 0.717) is 23.3 Å². The molecule has 29 heavy (non-hydrogen) atoms. The van der Waals surface area contributed by atoms with Crippen molar-refractivity contribution in [1.29, 1.82) is 0 Å². The number of hydrogen-bond donors (Lipinski definition) is 2. The van der Waals surface area contributed by atoms with Gasteiger partial charge in [0.1, 0.15) is 4.88 Å². The highest BCUT2D eigenvalue weighted by molar-refractivity contribution is 7.11. The van der Waals surface area contributed by atoms with Crippen LogP contribution in [0.4, 0.5) is 0 Å². The maximum atomic E-state index is 12.6. The van der Waals surface area contributed by atoms with Gasteiger partial charge in [-0.3, -0.25) is 14.6 Å². The Morgan fingerprint density at radius 1 is 1.38 bits per heavy atom. The zero-order valence-corrected chi connectivity index (χ0v) is 18.7. The molecule has 1 unspecified atom stereocenters. The first-order valence-corrected chi connectivity index (χ1v) is 11.7. The van der Waals surface area contributed by atoms with Gasteiger partial charge in [0, 0.05) is 25.1 Å². The lowest BCUT2D eigenvalue weighted by molar-refractivity contribution is -0.138. The van der Waals surface area contributed by atoms with Crippen molar-refractivity contribution in [3.8, 4) is 0 Å². The summed E-state index contributed by atoms with van der Waals surface area (Å²) in [6.45, 7) is 9.92. The molecule has 1 saturated heterocycles. The minimum Gasteiger partial charge on any atom is -0.378 e. The number of thiazole rings is 1. The summed E-state index contributed by atoms with van der Waals surface area (Å²) >= 11 is 1.35. The van der Waals surface area contributed by atoms with Crippen LogP contribution >= 0.6 is 11.3 Å². The number of fused-ring (bicyclic) bond motifs is 1. The zero-order chi connectivity index (χ0) is 20.8. The average Bonchev–Trinajstić information content (AvgIpc) is 3.37. The first-order chi connectivity index (χ1) is 13.8. The van der Waals surface area contributed by atoms with Crippen LogP contribution in [0.15, 0.2) is 11.7 Å². The van der Waals surface area contributed by atoms with Gasteiger partial charge in [-0.1, -0.05) is 27.7 Å². The van der Waals surface area contributed by atoms with E-state index in [1.165, 1.54) is 17.8 Å². The van der Waals surface area contributed by atoms with Crippen molar-refractivity contribution in [3.63, 3.8) is 0 Å². The summed E-state index contributed by atoms with van der Waals surface area (Å²) in [4.78, 5) is 29.4. The Morgan fingerprint density at radius 3 is 2.86 bits per heavy atom. The van der Waals surface area contributed by atoms with E-state index in [9.17, 15) is 9.59 Å². The molecule has 2 saturated carbocycles. The van der Waals surface area contributed by atoms with E-state index in [2.05, 4.69) is 29.5 Å². The van der Waals surface area contributed by atoms with Gasteiger partial charge < -0.3 is 15.4 Å². The van der Waals surface area contributed by atoms with Gasteiger partial charge in [0.25, 0.3) is 5.91 Å². The largest absolute Gasteiger partial charge is 0.378 e. The molecule has 4 rings (SSSR count). The second kappa shape index (κ2) is 7.65. The van der Waals surface area contributed by atoms with Crippen LogP contribution in [0.3, 0.4) is 0 Å². The number of amides is 2. The molecule has 6 nitrogen and oxygen atoms in total. The summed E-state index contributed by atoms with van der Waals surface area (Å²) < 4.78 is 6.21. The quantitative estimate of drug-likeness (QED) is 0.742. The summed E-state index contributed by atoms with van der Waals surface area (Å²) in [5.74, 6) is 1.16. The highest BCUT2D eigenvalue weighted by Gasteiger charge is 2.68. The topological polar surface area (TPSA) is 80.3 Å². The van der Waals surface area contributed by atoms with Crippen LogP contribution in [-0.2, 0) is 9.53 Å². The molecule has 2 amide bonds. The summed E-state index contributed by atoms with van der Waals surface area (Å²) in [5.41, 5.74) is 1.91. The molecule has 0 radical (unpaired) electrons. The Bertz CT molecular complexity index is 763. The van der Waals surface area contributed by atoms with Crippen molar-refractivity contribution in [1.82, 2.24) is 15.6 Å². The van der Waals surface area contributed by atoms with Gasteiger partial charge >= 0.3 is 0 Å². The van der Waals surface area contributed by atoms with Gasteiger partial charge in [-0.05, 0) is 48.3 Å². The summed E-state index contributed by atoms with van der Waals surface area (Å²) in [6.07, 6.45) is 5.92. The fraction of sp³-hybridized carbons (Fsp3) is 0.773. The van der Waals surface area contributed by atoms with Crippen molar-refractivity contribution in [2.45, 2.75) is 65.5 Å². The van der Waals surface area contributed by atoms with E-state index in [-0.39, 0.29) is 40.7 Å². The van der Waals surface area contributed by atoms with Crippen LogP contribution in [0, 0.1) is 28.6 Å². The number of aromatic nitrogens is 1. The third kappa shape index (κ3) is 3.50. The van der Waals surface area contributed by atoms with E-state index in [4.69, 9.17) is 4.74 Å². The second-order valence-electron chi connectivity index (χ2n) is 9.96. The standard InChI is InChI=1S/C22H33N3O3S/c1-13(2)18(26)25-20-21(3,4)14-9-15-16(28-8-6-22(15,20)10-14)5-7-24-19(27)17-11-23-12-29-17/h11-16,20H,5-10H2,1-4H3,(H,24,27)(H,25,26)/t14-,15-,16-,20+,22?/m1/s1. The molecule has 1 aromatic rings. The predicted octanol–water partition coefficient (Wildman–Crippen LogP) is 3.25. The minimum absolute atomic E-state index is 0.00244. The normalized spacial score (nSPS) is 34.8. The van der Waals surface area contributed by atoms with Crippen LogP contribution in [0.25, 0.3) is 0 Å². The summed E-state index contributed by atoms with van der Waals surface area (Å²) in [5, 5.41) is 6.44. The number of hydrogen-bond acceptors (Lipinski definition) is 5. The van der Waals surface area contributed by atoms with Crippen LogP contribution in [-0.4, -0.2) is 42.1 Å². The van der Waals surface area contributed by atoms with E-state index < -0.39 is 0 Å². The Labute approximate surface area is 177 Å². The summed E-state index contributed by atoms with van der Waals surface area (Å²) in [6, 6.07) is 0.201. The third-order valence-electron chi connectivity index (χ3n) is 7.80. The first kappa shape index (κ1) is 20.8. The SMILES string of the molecule is CC(C)C(=O)N[C@H]1C(C)(C)[C@@H]2C[C@@H]3[C@@H](CCNC(=O)c4cncs4)OCCC31C2. The molecule has 2 aliphatic carbocycles. The monoisotopic (exact) mass is 419 g/mol. The summed E-state index contributed by atoms with van der Waals surface area (Å²) in [7, 11) is 0. The van der Waals surface area contributed by atoms with E-state index in [0.717, 1.165) is 25.9 Å². The number of nitrogens with one attached hydrogen (secondary N) is 2. The molecule has 2 heterocycles. The Kier molecular flexibility index (Phi) is 5.49. The molecule has 3 aliphatic rings. The average molecular weight is 420 g/mol. The van der Waals surface area contributed by atoms with Gasteiger partial charge in [0.15, 0.2) is 0 Å². The predicted molar refractivity (Wildman–Crippen MR) is 113 cm³/mol. The number of nitrogens with zero attached hydrogens (tertiary/aromatic N) is 1. The molecule has 5 atom stereocenters. The van der Waals surface area contributed by atoms with Crippen molar-refractivity contribution < 1.29 is 14.3 Å². The lowest BCUT2D eigenvalue weighted by atomic mass is 9.59. The van der Waals surface area contributed by atoms with Gasteiger partial charge in [-0.25, -0.2) is 0 Å². The van der Waals surface area contributed by atoms with Gasteiger partial charge in [0.05, 0.1) is 17.8 Å². The van der Waals surface area contributed by atoms with Crippen molar-refractivity contribution in [2.75, 3.05) is 13.2 Å². The molecule has 160 valence electrons. The molecule has 2 N–H and O–H groups in total. The van der Waals surface area contributed by atoms with Crippen LogP contribution < -0.4 is 10.6 Å². The van der Waals surface area contributed by atoms with Crippen LogP contribution in [0.5, 0.6) is 0 Å². The first-order valence-electron chi connectivity index (χ1n) is 10.8. The van der Waals surface area contributed by atoms with Gasteiger partial charge in [-0.2, -0.15) is 0 Å². The number of carbonyl (C=O) groups is 2. The molecule has 1 aromatic heterocycles. The lowest BCUT2D eigenvalue weighted by Crippen LogP contribution is -2.60. The molecule has 1 aliphatic heterocycles. The molecule has 7 heteroatoms. The molecule has 2 bridgehead atoms. The Balaban J connectivity index is 1.44. The Morgan fingerprint density at radius 2 is 2.17 bits per heavy atom. The Hall–Kier alpha value is -1.47. The van der Waals surface area contributed by atoms with Gasteiger partial charge in [0.2, 0.25) is 5.91 Å². The maximum Gasteiger partial charge on any atom is 0.262 e. The fourth-order valence-electron chi connectivity index (χ4n) is 6.25. The highest BCUT2D eigenvalue weighted by atomic mass is 32.1. The number of rotatable bonds is 6. The van der Waals surface area contributed by atoms with E-state index >= 15 is 0 Å². The zero-order valence-electron chi connectivity index (χ0n) is 17.9. The van der Waals surface area contributed by atoms with Crippen molar-refractivity contribution >= 4 is 23.2 Å². The molecular weight excluding hydrogens is 386 g/mol. The van der Waals surface area contributed by atoms with Crippen molar-refractivity contribution in [2.24, 2.45) is 28.6 Å². The maximum absolute atomic E-state index is 12.6. The smallest absolute Gasteiger partial charge is 0.262 e. The molecule has 3 fully saturated rings. The third-order valence-corrected chi connectivity index (χ3v) is 8.58. The van der Waals surface area contributed by atoms with Gasteiger partial charge in [-0.15, -0.1) is 11.3 Å². The molecule has 0 aromatic carbocycles. The number of carbonyl (C=O) groups excluding carboxylic acids is 2. The lowest BCUT2D eigenvalue weighted by Gasteiger charge is -2.53. The van der Waals surface area contributed by atoms with Crippen LogP contribution in [0.1, 0.15) is 63.0 Å². The highest BCUT2D eigenvalue weighted by Crippen LogP contribution is 2.68.